The van der Waals surface area contributed by atoms with Crippen molar-refractivity contribution in [3.63, 3.8) is 0 Å². The summed E-state index contributed by atoms with van der Waals surface area (Å²) in [5, 5.41) is 24.8. The van der Waals surface area contributed by atoms with Crippen molar-refractivity contribution >= 4 is 27.0 Å². The number of sulfone groups is 1. The Balaban J connectivity index is 1.69. The SMILES string of the molecule is Cc1ccc(S(=O)(=O)c2ncn(Cc3ccc([N+](=O)[O-])cc3)c2NCc2ccc([N+](=O)[O-])cc2)cc1. The Labute approximate surface area is 206 Å². The number of nitro benzene ring substituents is 2. The molecule has 11 nitrogen and oxygen atoms in total. The molecular weight excluding hydrogens is 486 g/mol. The van der Waals surface area contributed by atoms with Crippen molar-refractivity contribution in [2.45, 2.75) is 29.9 Å². The highest BCUT2D eigenvalue weighted by Crippen LogP contribution is 2.28. The summed E-state index contributed by atoms with van der Waals surface area (Å²) in [5.74, 6) is 0.229. The van der Waals surface area contributed by atoms with Gasteiger partial charge in [0.25, 0.3) is 11.4 Å². The van der Waals surface area contributed by atoms with E-state index in [0.29, 0.717) is 11.1 Å². The monoisotopic (exact) mass is 507 g/mol. The molecule has 36 heavy (non-hydrogen) atoms. The number of nitro groups is 2. The summed E-state index contributed by atoms with van der Waals surface area (Å²) in [6.45, 7) is 2.24. The number of nitrogens with zero attached hydrogens (tertiary/aromatic N) is 4. The van der Waals surface area contributed by atoms with Gasteiger partial charge in [-0.15, -0.1) is 0 Å². The summed E-state index contributed by atoms with van der Waals surface area (Å²) in [5.41, 5.74) is 2.21. The van der Waals surface area contributed by atoms with Crippen molar-refractivity contribution in [2.75, 3.05) is 5.32 Å². The number of nitrogens with one attached hydrogen (secondary N) is 1. The smallest absolute Gasteiger partial charge is 0.269 e. The summed E-state index contributed by atoms with van der Waals surface area (Å²) in [6, 6.07) is 18.3. The van der Waals surface area contributed by atoms with E-state index in [1.807, 2.05) is 6.92 Å². The molecule has 0 atom stereocenters. The van der Waals surface area contributed by atoms with E-state index in [0.717, 1.165) is 5.56 Å². The molecule has 0 spiro atoms. The number of anilines is 1. The average molecular weight is 508 g/mol. The molecule has 0 aliphatic heterocycles. The van der Waals surface area contributed by atoms with E-state index in [9.17, 15) is 28.6 Å². The van der Waals surface area contributed by atoms with Gasteiger partial charge in [0, 0.05) is 30.8 Å². The van der Waals surface area contributed by atoms with Crippen LogP contribution in [0.5, 0.6) is 0 Å². The minimum atomic E-state index is -3.97. The summed E-state index contributed by atoms with van der Waals surface area (Å²) >= 11 is 0. The summed E-state index contributed by atoms with van der Waals surface area (Å²) in [4.78, 5) is 25.2. The fourth-order valence-corrected chi connectivity index (χ4v) is 4.88. The Morgan fingerprint density at radius 1 is 0.833 bits per heavy atom. The van der Waals surface area contributed by atoms with Gasteiger partial charge in [-0.2, -0.15) is 0 Å². The van der Waals surface area contributed by atoms with Crippen LogP contribution in [0.3, 0.4) is 0 Å². The fourth-order valence-electron chi connectivity index (χ4n) is 3.53. The molecule has 0 saturated heterocycles. The second-order valence-corrected chi connectivity index (χ2v) is 9.91. The first-order chi connectivity index (χ1) is 17.1. The largest absolute Gasteiger partial charge is 0.365 e. The molecule has 0 fully saturated rings. The topological polar surface area (TPSA) is 150 Å². The number of imidazole rings is 1. The van der Waals surface area contributed by atoms with E-state index >= 15 is 0 Å². The van der Waals surface area contributed by atoms with Crippen LogP contribution in [-0.2, 0) is 22.9 Å². The third-order valence-electron chi connectivity index (χ3n) is 5.50. The molecule has 12 heteroatoms. The van der Waals surface area contributed by atoms with E-state index in [1.54, 1.807) is 41.0 Å². The molecule has 4 aromatic rings. The average Bonchev–Trinajstić information content (AvgIpc) is 3.26. The van der Waals surface area contributed by atoms with Gasteiger partial charge in [-0.3, -0.25) is 20.2 Å². The molecule has 0 radical (unpaired) electrons. The Hall–Kier alpha value is -4.58. The molecular formula is C24H21N5O6S. The van der Waals surface area contributed by atoms with Crippen LogP contribution in [-0.4, -0.2) is 27.8 Å². The zero-order valence-corrected chi connectivity index (χ0v) is 19.9. The van der Waals surface area contributed by atoms with Crippen LogP contribution in [0.2, 0.25) is 0 Å². The van der Waals surface area contributed by atoms with Crippen LogP contribution >= 0.6 is 0 Å². The number of aromatic nitrogens is 2. The van der Waals surface area contributed by atoms with Crippen molar-refractivity contribution < 1.29 is 18.3 Å². The van der Waals surface area contributed by atoms with Gasteiger partial charge >= 0.3 is 0 Å². The molecule has 0 unspecified atom stereocenters. The molecule has 0 amide bonds. The zero-order chi connectivity index (χ0) is 25.9. The van der Waals surface area contributed by atoms with Crippen molar-refractivity contribution in [3.05, 3.63) is 116 Å². The lowest BCUT2D eigenvalue weighted by Gasteiger charge is -2.13. The molecule has 1 heterocycles. The van der Waals surface area contributed by atoms with Gasteiger partial charge in [0.15, 0.2) is 0 Å². The maximum Gasteiger partial charge on any atom is 0.269 e. The standard InChI is InChI=1S/C24H21N5O6S/c1-17-2-12-22(13-3-17)36(34,35)24-23(25-14-18-4-8-20(9-5-18)28(30)31)27(16-26-24)15-19-6-10-21(11-7-19)29(32)33/h2-13,16,25H,14-15H2,1H3. The van der Waals surface area contributed by atoms with Gasteiger partial charge in [-0.1, -0.05) is 42.0 Å². The van der Waals surface area contributed by atoms with Gasteiger partial charge in [0.1, 0.15) is 5.82 Å². The van der Waals surface area contributed by atoms with Gasteiger partial charge in [0.05, 0.1) is 27.6 Å². The quantitative estimate of drug-likeness (QED) is 0.257. The molecule has 0 bridgehead atoms. The fraction of sp³-hybridized carbons (Fsp3) is 0.125. The van der Waals surface area contributed by atoms with Crippen LogP contribution in [0.15, 0.2) is 89.0 Å². The van der Waals surface area contributed by atoms with Gasteiger partial charge in [-0.05, 0) is 30.2 Å². The van der Waals surface area contributed by atoms with Crippen LogP contribution in [0.1, 0.15) is 16.7 Å². The lowest BCUT2D eigenvalue weighted by atomic mass is 10.2. The number of non-ortho nitro benzene ring substituents is 2. The third-order valence-corrected chi connectivity index (χ3v) is 7.20. The Morgan fingerprint density at radius 2 is 1.36 bits per heavy atom. The first-order valence-corrected chi connectivity index (χ1v) is 12.2. The van der Waals surface area contributed by atoms with E-state index in [-0.39, 0.29) is 40.2 Å². The zero-order valence-electron chi connectivity index (χ0n) is 19.1. The van der Waals surface area contributed by atoms with Crippen LogP contribution in [0, 0.1) is 27.2 Å². The molecule has 0 aliphatic carbocycles. The summed E-state index contributed by atoms with van der Waals surface area (Å²) in [6.07, 6.45) is 1.39. The number of hydrogen-bond acceptors (Lipinski definition) is 8. The molecule has 1 N–H and O–H groups in total. The third kappa shape index (κ3) is 5.23. The first kappa shape index (κ1) is 24.5. The predicted molar refractivity (Wildman–Crippen MR) is 131 cm³/mol. The van der Waals surface area contributed by atoms with Crippen LogP contribution in [0.25, 0.3) is 0 Å². The van der Waals surface area contributed by atoms with Crippen molar-refractivity contribution in [3.8, 4) is 0 Å². The normalized spacial score (nSPS) is 11.2. The van der Waals surface area contributed by atoms with E-state index in [4.69, 9.17) is 0 Å². The molecule has 3 aromatic carbocycles. The number of rotatable bonds is 9. The first-order valence-electron chi connectivity index (χ1n) is 10.7. The maximum atomic E-state index is 13.4. The molecule has 184 valence electrons. The van der Waals surface area contributed by atoms with Gasteiger partial charge in [0.2, 0.25) is 14.9 Å². The van der Waals surface area contributed by atoms with E-state index in [1.165, 1.54) is 42.7 Å². The Kier molecular flexibility index (Phi) is 6.79. The van der Waals surface area contributed by atoms with Crippen molar-refractivity contribution in [1.82, 2.24) is 9.55 Å². The van der Waals surface area contributed by atoms with E-state index < -0.39 is 19.7 Å². The highest BCUT2D eigenvalue weighted by Gasteiger charge is 2.26. The lowest BCUT2D eigenvalue weighted by Crippen LogP contribution is -2.12. The van der Waals surface area contributed by atoms with Crippen LogP contribution in [0.4, 0.5) is 17.2 Å². The summed E-state index contributed by atoms with van der Waals surface area (Å²) in [7, 11) is -3.97. The number of aryl methyl sites for hydroxylation is 1. The Morgan fingerprint density at radius 3 is 1.89 bits per heavy atom. The summed E-state index contributed by atoms with van der Waals surface area (Å²) < 4.78 is 28.4. The number of benzene rings is 3. The molecule has 4 rings (SSSR count). The van der Waals surface area contributed by atoms with Crippen molar-refractivity contribution in [1.29, 1.82) is 0 Å². The highest BCUT2D eigenvalue weighted by atomic mass is 32.2. The predicted octanol–water partition coefficient (Wildman–Crippen LogP) is 4.50. The minimum Gasteiger partial charge on any atom is -0.365 e. The number of hydrogen-bond donors (Lipinski definition) is 1. The van der Waals surface area contributed by atoms with Crippen LogP contribution < -0.4 is 5.32 Å². The Bertz CT molecular complexity index is 1510. The highest BCUT2D eigenvalue weighted by molar-refractivity contribution is 7.91. The minimum absolute atomic E-state index is 0.0513. The lowest BCUT2D eigenvalue weighted by molar-refractivity contribution is -0.385. The molecule has 0 aliphatic rings. The second-order valence-electron chi connectivity index (χ2n) is 8.04. The van der Waals surface area contributed by atoms with Crippen molar-refractivity contribution in [2.24, 2.45) is 0 Å². The maximum absolute atomic E-state index is 13.4. The van der Waals surface area contributed by atoms with Gasteiger partial charge < -0.3 is 9.88 Å². The second kappa shape index (κ2) is 9.96. The molecule has 0 saturated carbocycles. The molecule has 1 aromatic heterocycles. The van der Waals surface area contributed by atoms with E-state index in [2.05, 4.69) is 10.3 Å². The van der Waals surface area contributed by atoms with Gasteiger partial charge in [-0.25, -0.2) is 13.4 Å².